The number of hydrogen-bond acceptors (Lipinski definition) is 6. The first-order valence-corrected chi connectivity index (χ1v) is 11.4. The first-order chi connectivity index (χ1) is 14.3. The van der Waals surface area contributed by atoms with Crippen LogP contribution in [0.25, 0.3) is 0 Å². The molecule has 3 rings (SSSR count). The Bertz CT molecular complexity index is 910. The summed E-state index contributed by atoms with van der Waals surface area (Å²) in [6, 6.07) is 3.25. The molecule has 0 saturated carbocycles. The van der Waals surface area contributed by atoms with Crippen molar-refractivity contribution in [3.63, 3.8) is 0 Å². The zero-order chi connectivity index (χ0) is 21.9. The van der Waals surface area contributed by atoms with Crippen LogP contribution in [0.5, 0.6) is 5.75 Å². The normalized spacial score (nSPS) is 21.0. The van der Waals surface area contributed by atoms with Crippen molar-refractivity contribution in [3.05, 3.63) is 18.2 Å². The molecular weight excluding hydrogens is 415 g/mol. The molecule has 1 aromatic carbocycles. The van der Waals surface area contributed by atoms with E-state index in [1.807, 2.05) is 0 Å². The van der Waals surface area contributed by atoms with E-state index in [1.54, 1.807) is 6.07 Å². The summed E-state index contributed by atoms with van der Waals surface area (Å²) < 4.78 is 47.3. The van der Waals surface area contributed by atoms with Gasteiger partial charge in [-0.15, -0.1) is 0 Å². The van der Waals surface area contributed by atoms with Gasteiger partial charge in [-0.1, -0.05) is 6.07 Å². The second kappa shape index (κ2) is 9.27. The van der Waals surface area contributed by atoms with Crippen molar-refractivity contribution in [2.24, 2.45) is 5.73 Å². The first kappa shape index (κ1) is 22.4. The fourth-order valence-electron chi connectivity index (χ4n) is 3.78. The molecular formula is C19H27FN4O5S. The highest BCUT2D eigenvalue weighted by atomic mass is 32.2. The van der Waals surface area contributed by atoms with Crippen LogP contribution in [-0.4, -0.2) is 70.6 Å². The molecule has 0 aromatic heterocycles. The van der Waals surface area contributed by atoms with Crippen LogP contribution in [0, 0.1) is 0 Å². The number of carbonyl (C=O) groups is 2. The van der Waals surface area contributed by atoms with Gasteiger partial charge in [-0.2, -0.15) is 4.72 Å². The molecule has 0 bridgehead atoms. The number of nitrogens with two attached hydrogens (primary N) is 1. The molecule has 2 atom stereocenters. The Morgan fingerprint density at radius 3 is 2.73 bits per heavy atom. The maximum Gasteiger partial charge on any atom is 0.245 e. The highest BCUT2D eigenvalue weighted by Crippen LogP contribution is 2.36. The van der Waals surface area contributed by atoms with Gasteiger partial charge in [0.25, 0.3) is 0 Å². The topological polar surface area (TPSA) is 122 Å². The van der Waals surface area contributed by atoms with E-state index in [-0.39, 0.29) is 42.6 Å². The van der Waals surface area contributed by atoms with E-state index in [2.05, 4.69) is 4.72 Å². The lowest BCUT2D eigenvalue weighted by Crippen LogP contribution is -2.51. The summed E-state index contributed by atoms with van der Waals surface area (Å²) in [5.74, 6) is -0.650. The van der Waals surface area contributed by atoms with Gasteiger partial charge in [0.2, 0.25) is 21.8 Å². The minimum Gasteiger partial charge on any atom is -0.493 e. The number of halogens is 1. The molecule has 2 heterocycles. The zero-order valence-electron chi connectivity index (χ0n) is 16.8. The molecule has 2 aliphatic rings. The number of likely N-dealkylation sites (tertiary alicyclic amines) is 1. The lowest BCUT2D eigenvalue weighted by atomic mass is 10.1. The summed E-state index contributed by atoms with van der Waals surface area (Å²) in [5.41, 5.74) is 6.01. The number of amides is 2. The van der Waals surface area contributed by atoms with E-state index >= 15 is 0 Å². The molecule has 0 radical (unpaired) electrons. The Balaban J connectivity index is 1.88. The predicted molar refractivity (Wildman–Crippen MR) is 108 cm³/mol. The number of carbonyl (C=O) groups excluding carboxylic acids is 2. The van der Waals surface area contributed by atoms with Gasteiger partial charge in [0, 0.05) is 26.1 Å². The summed E-state index contributed by atoms with van der Waals surface area (Å²) in [5, 5.41) is 0. The molecule has 1 aromatic rings. The summed E-state index contributed by atoms with van der Waals surface area (Å²) >= 11 is 0. The molecule has 9 nitrogen and oxygen atoms in total. The van der Waals surface area contributed by atoms with Crippen molar-refractivity contribution in [2.45, 2.75) is 42.8 Å². The van der Waals surface area contributed by atoms with Gasteiger partial charge < -0.3 is 20.3 Å². The van der Waals surface area contributed by atoms with Crippen LogP contribution in [-0.2, 0) is 19.6 Å². The third-order valence-corrected chi connectivity index (χ3v) is 6.83. The van der Waals surface area contributed by atoms with Crippen LogP contribution in [0.1, 0.15) is 25.7 Å². The molecule has 2 fully saturated rings. The van der Waals surface area contributed by atoms with Gasteiger partial charge in [-0.3, -0.25) is 9.59 Å². The SMILES string of the molecule is COc1c(N2CCCCC2=O)cccc1S(=O)(=O)N[C@@H](CN)C(=O)N1CC[C@H](F)C1. The van der Waals surface area contributed by atoms with Gasteiger partial charge in [0.1, 0.15) is 17.1 Å². The van der Waals surface area contributed by atoms with Gasteiger partial charge in [-0.25, -0.2) is 12.8 Å². The Labute approximate surface area is 175 Å². The second-order valence-electron chi connectivity index (χ2n) is 7.39. The van der Waals surface area contributed by atoms with Gasteiger partial charge in [-0.05, 0) is 31.4 Å². The number of anilines is 1. The Morgan fingerprint density at radius 2 is 2.13 bits per heavy atom. The van der Waals surface area contributed by atoms with Crippen molar-refractivity contribution in [3.8, 4) is 5.75 Å². The zero-order valence-corrected chi connectivity index (χ0v) is 17.7. The van der Waals surface area contributed by atoms with E-state index in [1.165, 1.54) is 29.0 Å². The minimum absolute atomic E-state index is 0.0217. The fourth-order valence-corrected chi connectivity index (χ4v) is 5.17. The first-order valence-electron chi connectivity index (χ1n) is 9.91. The number of rotatable bonds is 7. The standard InChI is InChI=1S/C19H27FN4O5S/c1-29-18-15(24-9-3-2-7-17(24)25)5-4-6-16(18)30(27,28)22-14(11-21)19(26)23-10-8-13(20)12-23/h4-6,13-14,22H,2-3,7-12,21H2,1H3/t13-,14-/m0/s1. The van der Waals surface area contributed by atoms with Crippen LogP contribution in [0.4, 0.5) is 10.1 Å². The van der Waals surface area contributed by atoms with Crippen molar-refractivity contribution in [1.82, 2.24) is 9.62 Å². The third-order valence-electron chi connectivity index (χ3n) is 5.34. The summed E-state index contributed by atoms with van der Waals surface area (Å²) in [4.78, 5) is 27.5. The number of sulfonamides is 1. The van der Waals surface area contributed by atoms with Crippen LogP contribution in [0.2, 0.25) is 0 Å². The van der Waals surface area contributed by atoms with Crippen LogP contribution >= 0.6 is 0 Å². The van der Waals surface area contributed by atoms with Crippen molar-refractivity contribution >= 4 is 27.5 Å². The van der Waals surface area contributed by atoms with E-state index in [0.717, 1.165) is 12.8 Å². The van der Waals surface area contributed by atoms with Crippen LogP contribution < -0.4 is 20.1 Å². The second-order valence-corrected chi connectivity index (χ2v) is 9.07. The highest BCUT2D eigenvalue weighted by molar-refractivity contribution is 7.89. The Morgan fingerprint density at radius 1 is 1.37 bits per heavy atom. The number of alkyl halides is 1. The lowest BCUT2D eigenvalue weighted by molar-refractivity contribution is -0.131. The Kier molecular flexibility index (Phi) is 6.94. The Hall–Kier alpha value is -2.24. The molecule has 0 unspecified atom stereocenters. The maximum absolute atomic E-state index is 13.4. The predicted octanol–water partition coefficient (Wildman–Crippen LogP) is 0.388. The maximum atomic E-state index is 13.4. The van der Waals surface area contributed by atoms with Crippen LogP contribution in [0.15, 0.2) is 23.1 Å². The van der Waals surface area contributed by atoms with E-state index in [0.29, 0.717) is 18.7 Å². The van der Waals surface area contributed by atoms with E-state index in [4.69, 9.17) is 10.5 Å². The molecule has 0 aliphatic carbocycles. The highest BCUT2D eigenvalue weighted by Gasteiger charge is 2.34. The van der Waals surface area contributed by atoms with E-state index < -0.39 is 28.1 Å². The number of nitrogens with one attached hydrogen (secondary N) is 1. The quantitative estimate of drug-likeness (QED) is 0.630. The van der Waals surface area contributed by atoms with Crippen molar-refractivity contribution in [2.75, 3.05) is 38.2 Å². The molecule has 30 heavy (non-hydrogen) atoms. The largest absolute Gasteiger partial charge is 0.493 e. The molecule has 2 saturated heterocycles. The number of methoxy groups -OCH3 is 1. The minimum atomic E-state index is -4.22. The summed E-state index contributed by atoms with van der Waals surface area (Å²) in [7, 11) is -2.89. The molecule has 166 valence electrons. The van der Waals surface area contributed by atoms with Crippen molar-refractivity contribution < 1.29 is 27.1 Å². The number of benzene rings is 1. The third kappa shape index (κ3) is 4.57. The monoisotopic (exact) mass is 442 g/mol. The van der Waals surface area contributed by atoms with Crippen LogP contribution in [0.3, 0.4) is 0 Å². The number of piperidine rings is 1. The molecule has 11 heteroatoms. The van der Waals surface area contributed by atoms with Gasteiger partial charge >= 0.3 is 0 Å². The average molecular weight is 443 g/mol. The molecule has 0 spiro atoms. The smallest absolute Gasteiger partial charge is 0.245 e. The summed E-state index contributed by atoms with van der Waals surface area (Å²) in [6.07, 6.45) is 1.07. The molecule has 3 N–H and O–H groups in total. The lowest BCUT2D eigenvalue weighted by Gasteiger charge is -2.29. The molecule has 2 aliphatic heterocycles. The van der Waals surface area contributed by atoms with Gasteiger partial charge in [0.15, 0.2) is 5.75 Å². The van der Waals surface area contributed by atoms with Crippen molar-refractivity contribution in [1.29, 1.82) is 0 Å². The number of para-hydroxylation sites is 1. The number of nitrogens with zero attached hydrogens (tertiary/aromatic N) is 2. The molecule has 2 amide bonds. The average Bonchev–Trinajstić information content (AvgIpc) is 3.17. The van der Waals surface area contributed by atoms with E-state index in [9.17, 15) is 22.4 Å². The van der Waals surface area contributed by atoms with Gasteiger partial charge in [0.05, 0.1) is 19.3 Å². The number of hydrogen-bond donors (Lipinski definition) is 2. The summed E-state index contributed by atoms with van der Waals surface area (Å²) in [6.45, 7) is 0.328. The fraction of sp³-hybridized carbons (Fsp3) is 0.579. The number of ether oxygens (including phenoxy) is 1.